The molecule has 2 aliphatic heterocycles. The Bertz CT molecular complexity index is 1030. The van der Waals surface area contributed by atoms with Crippen LogP contribution in [-0.2, 0) is 16.4 Å². The summed E-state index contributed by atoms with van der Waals surface area (Å²) >= 11 is 0. The molecule has 31 heavy (non-hydrogen) atoms. The van der Waals surface area contributed by atoms with Crippen LogP contribution in [0, 0.1) is 13.8 Å². The van der Waals surface area contributed by atoms with Gasteiger partial charge < -0.3 is 14.7 Å². The second-order valence-electron chi connectivity index (χ2n) is 8.30. The average Bonchev–Trinajstić information content (AvgIpc) is 3.52. The molecule has 2 aliphatic rings. The van der Waals surface area contributed by atoms with Crippen LogP contribution >= 0.6 is 0 Å². The van der Waals surface area contributed by atoms with Gasteiger partial charge in [0.2, 0.25) is 10.0 Å². The standard InChI is InChI=1S/C22H30N4O4S/c1-16-19(17(2)30-24-16)9-10-23-22(27)18-7-8-20(25-11-3-4-12-25)21(15-18)31(28,29)26-13-5-6-14-26/h7-8,15H,3-6,9-14H2,1-2H3,(H,23,27). The lowest BCUT2D eigenvalue weighted by atomic mass is 10.1. The smallest absolute Gasteiger partial charge is 0.251 e. The summed E-state index contributed by atoms with van der Waals surface area (Å²) in [6, 6.07) is 5.06. The number of aryl methyl sites for hydroxylation is 2. The second-order valence-corrected chi connectivity index (χ2v) is 10.2. The highest BCUT2D eigenvalue weighted by molar-refractivity contribution is 7.89. The third-order valence-electron chi connectivity index (χ3n) is 6.19. The van der Waals surface area contributed by atoms with E-state index in [4.69, 9.17) is 4.52 Å². The first-order chi connectivity index (χ1) is 14.9. The molecule has 1 N–H and O–H groups in total. The molecule has 0 unspecified atom stereocenters. The molecular weight excluding hydrogens is 416 g/mol. The summed E-state index contributed by atoms with van der Waals surface area (Å²) in [5, 5.41) is 6.83. The lowest BCUT2D eigenvalue weighted by molar-refractivity contribution is 0.0954. The molecule has 0 aliphatic carbocycles. The fourth-order valence-electron chi connectivity index (χ4n) is 4.41. The van der Waals surface area contributed by atoms with Crippen LogP contribution in [0.3, 0.4) is 0 Å². The zero-order valence-corrected chi connectivity index (χ0v) is 19.0. The Morgan fingerprint density at radius 3 is 2.42 bits per heavy atom. The number of hydrogen-bond acceptors (Lipinski definition) is 6. The van der Waals surface area contributed by atoms with Crippen molar-refractivity contribution in [1.82, 2.24) is 14.8 Å². The number of aromatic nitrogens is 1. The van der Waals surface area contributed by atoms with Crippen molar-refractivity contribution in [3.8, 4) is 0 Å². The highest BCUT2D eigenvalue weighted by Crippen LogP contribution is 2.32. The molecule has 2 saturated heterocycles. The van der Waals surface area contributed by atoms with Gasteiger partial charge in [-0.2, -0.15) is 4.31 Å². The molecule has 2 aromatic rings. The second kappa shape index (κ2) is 9.00. The number of anilines is 1. The minimum Gasteiger partial charge on any atom is -0.370 e. The highest BCUT2D eigenvalue weighted by atomic mass is 32.2. The van der Waals surface area contributed by atoms with E-state index in [2.05, 4.69) is 15.4 Å². The lowest BCUT2D eigenvalue weighted by Crippen LogP contribution is -2.31. The van der Waals surface area contributed by atoms with Crippen molar-refractivity contribution < 1.29 is 17.7 Å². The Morgan fingerprint density at radius 1 is 1.10 bits per heavy atom. The molecular formula is C22H30N4O4S. The zero-order chi connectivity index (χ0) is 22.0. The van der Waals surface area contributed by atoms with Gasteiger partial charge in [0.15, 0.2) is 0 Å². The van der Waals surface area contributed by atoms with E-state index in [0.717, 1.165) is 55.8 Å². The van der Waals surface area contributed by atoms with E-state index < -0.39 is 10.0 Å². The van der Waals surface area contributed by atoms with Gasteiger partial charge in [0.25, 0.3) is 5.91 Å². The van der Waals surface area contributed by atoms with Crippen molar-refractivity contribution in [2.75, 3.05) is 37.6 Å². The molecule has 0 saturated carbocycles. The van der Waals surface area contributed by atoms with Crippen LogP contribution < -0.4 is 10.2 Å². The number of rotatable bonds is 7. The van der Waals surface area contributed by atoms with Crippen LogP contribution in [0.1, 0.15) is 53.1 Å². The van der Waals surface area contributed by atoms with E-state index in [9.17, 15) is 13.2 Å². The first-order valence-corrected chi connectivity index (χ1v) is 12.4. The van der Waals surface area contributed by atoms with Gasteiger partial charge in [-0.1, -0.05) is 5.16 Å². The molecule has 0 bridgehead atoms. The van der Waals surface area contributed by atoms with E-state index in [0.29, 0.717) is 37.3 Å². The topological polar surface area (TPSA) is 95.7 Å². The summed E-state index contributed by atoms with van der Waals surface area (Å²) in [6.45, 7) is 6.90. The normalized spacial score (nSPS) is 17.4. The molecule has 8 nitrogen and oxygen atoms in total. The van der Waals surface area contributed by atoms with E-state index in [1.54, 1.807) is 22.5 Å². The summed E-state index contributed by atoms with van der Waals surface area (Å²) in [5.74, 6) is 0.471. The highest BCUT2D eigenvalue weighted by Gasteiger charge is 2.32. The minimum absolute atomic E-state index is 0.245. The molecule has 2 fully saturated rings. The molecule has 168 valence electrons. The molecule has 1 aromatic carbocycles. The zero-order valence-electron chi connectivity index (χ0n) is 18.2. The van der Waals surface area contributed by atoms with Crippen molar-refractivity contribution in [2.45, 2.75) is 50.8 Å². The monoisotopic (exact) mass is 446 g/mol. The third kappa shape index (κ3) is 4.48. The van der Waals surface area contributed by atoms with Gasteiger partial charge in [-0.25, -0.2) is 8.42 Å². The van der Waals surface area contributed by atoms with E-state index in [-0.39, 0.29) is 10.8 Å². The number of carbonyl (C=O) groups is 1. The van der Waals surface area contributed by atoms with Crippen LogP contribution in [0.15, 0.2) is 27.6 Å². The maximum absolute atomic E-state index is 13.4. The number of amides is 1. The van der Waals surface area contributed by atoms with E-state index in [1.165, 1.54) is 0 Å². The van der Waals surface area contributed by atoms with Crippen LogP contribution in [0.4, 0.5) is 5.69 Å². The van der Waals surface area contributed by atoms with Crippen LogP contribution in [0.25, 0.3) is 0 Å². The largest absolute Gasteiger partial charge is 0.370 e. The minimum atomic E-state index is -3.64. The number of carbonyl (C=O) groups excluding carboxylic acids is 1. The predicted octanol–water partition coefficient (Wildman–Crippen LogP) is 2.65. The van der Waals surface area contributed by atoms with Crippen molar-refractivity contribution >= 4 is 21.6 Å². The maximum Gasteiger partial charge on any atom is 0.251 e. The van der Waals surface area contributed by atoms with Crippen molar-refractivity contribution in [3.63, 3.8) is 0 Å². The third-order valence-corrected chi connectivity index (χ3v) is 8.12. The number of benzene rings is 1. The van der Waals surface area contributed by atoms with Gasteiger partial charge in [0, 0.05) is 43.9 Å². The van der Waals surface area contributed by atoms with Gasteiger partial charge in [-0.05, 0) is 64.2 Å². The summed E-state index contributed by atoms with van der Waals surface area (Å²) in [6.07, 6.45) is 4.46. The predicted molar refractivity (Wildman–Crippen MR) is 118 cm³/mol. The van der Waals surface area contributed by atoms with Crippen LogP contribution in [-0.4, -0.2) is 56.5 Å². The molecule has 0 spiro atoms. The van der Waals surface area contributed by atoms with Gasteiger partial charge in [-0.3, -0.25) is 4.79 Å². The molecule has 9 heteroatoms. The maximum atomic E-state index is 13.4. The Balaban J connectivity index is 1.56. The molecule has 4 rings (SSSR count). The van der Waals surface area contributed by atoms with Gasteiger partial charge in [-0.15, -0.1) is 0 Å². The SMILES string of the molecule is Cc1noc(C)c1CCNC(=O)c1ccc(N2CCCC2)c(S(=O)(=O)N2CCCC2)c1. The Hall–Kier alpha value is -2.39. The molecule has 0 radical (unpaired) electrons. The number of hydrogen-bond donors (Lipinski definition) is 1. The molecule has 1 amide bonds. The quantitative estimate of drug-likeness (QED) is 0.703. The molecule has 0 atom stereocenters. The number of nitrogens with zero attached hydrogens (tertiary/aromatic N) is 3. The first-order valence-electron chi connectivity index (χ1n) is 11.0. The fraction of sp³-hybridized carbons (Fsp3) is 0.545. The van der Waals surface area contributed by atoms with Crippen molar-refractivity contribution in [1.29, 1.82) is 0 Å². The number of sulfonamides is 1. The summed E-state index contributed by atoms with van der Waals surface area (Å²) < 4.78 is 33.5. The number of nitrogens with one attached hydrogen (secondary N) is 1. The average molecular weight is 447 g/mol. The summed E-state index contributed by atoms with van der Waals surface area (Å²) in [7, 11) is -3.64. The Kier molecular flexibility index (Phi) is 6.34. The lowest BCUT2D eigenvalue weighted by Gasteiger charge is -2.24. The van der Waals surface area contributed by atoms with Crippen molar-refractivity contribution in [2.24, 2.45) is 0 Å². The first kappa shape index (κ1) is 21.8. The van der Waals surface area contributed by atoms with Gasteiger partial charge in [0.1, 0.15) is 10.7 Å². The molecule has 3 heterocycles. The Labute approximate surface area is 183 Å². The van der Waals surface area contributed by atoms with Gasteiger partial charge in [0.05, 0.1) is 11.4 Å². The van der Waals surface area contributed by atoms with E-state index >= 15 is 0 Å². The Morgan fingerprint density at radius 2 is 1.77 bits per heavy atom. The molecule has 1 aromatic heterocycles. The van der Waals surface area contributed by atoms with Crippen molar-refractivity contribution in [3.05, 3.63) is 40.8 Å². The van der Waals surface area contributed by atoms with Gasteiger partial charge >= 0.3 is 0 Å². The fourth-order valence-corrected chi connectivity index (χ4v) is 6.17. The van der Waals surface area contributed by atoms with Crippen LogP contribution in [0.5, 0.6) is 0 Å². The summed E-state index contributed by atoms with van der Waals surface area (Å²) in [4.78, 5) is 15.2. The van der Waals surface area contributed by atoms with Crippen LogP contribution in [0.2, 0.25) is 0 Å². The van der Waals surface area contributed by atoms with E-state index in [1.807, 2.05) is 13.8 Å². The summed E-state index contributed by atoms with van der Waals surface area (Å²) in [5.41, 5.74) is 2.87.